The van der Waals surface area contributed by atoms with E-state index in [1.807, 2.05) is 19.1 Å². The van der Waals surface area contributed by atoms with Crippen LogP contribution in [-0.2, 0) is 0 Å². The summed E-state index contributed by atoms with van der Waals surface area (Å²) < 4.78 is 0. The number of amidine groups is 1. The average molecular weight is 189 g/mol. The van der Waals surface area contributed by atoms with Crippen LogP contribution in [0.5, 0.6) is 0 Å². The summed E-state index contributed by atoms with van der Waals surface area (Å²) in [5.74, 6) is 5.38. The lowest BCUT2D eigenvalue weighted by Gasteiger charge is -2.01. The normalized spacial score (nSPS) is 13.0. The molecule has 0 aromatic heterocycles. The van der Waals surface area contributed by atoms with Gasteiger partial charge in [0.1, 0.15) is 5.84 Å². The number of hydrogen-bond donors (Lipinski definition) is 2. The van der Waals surface area contributed by atoms with Crippen molar-refractivity contribution in [1.82, 2.24) is 0 Å². The van der Waals surface area contributed by atoms with Gasteiger partial charge in [-0.05, 0) is 31.1 Å². The van der Waals surface area contributed by atoms with Crippen molar-refractivity contribution in [1.29, 1.82) is 0 Å². The summed E-state index contributed by atoms with van der Waals surface area (Å²) in [5, 5.41) is 3.39. The van der Waals surface area contributed by atoms with Gasteiger partial charge in [0, 0.05) is 0 Å². The number of hydrogen-bond acceptors (Lipinski definition) is 2. The monoisotopic (exact) mass is 189 g/mol. The van der Waals surface area contributed by atoms with Gasteiger partial charge in [-0.1, -0.05) is 29.8 Å². The van der Waals surface area contributed by atoms with Gasteiger partial charge < -0.3 is 11.6 Å². The number of benzene rings is 1. The van der Waals surface area contributed by atoms with E-state index in [0.29, 0.717) is 5.84 Å². The Kier molecular flexibility index (Phi) is 3.29. The van der Waals surface area contributed by atoms with Crippen molar-refractivity contribution in [2.24, 2.45) is 16.7 Å². The number of hydrazone groups is 1. The van der Waals surface area contributed by atoms with Gasteiger partial charge in [-0.2, -0.15) is 5.10 Å². The predicted octanol–water partition coefficient (Wildman–Crippen LogP) is 1.63. The van der Waals surface area contributed by atoms with Crippen molar-refractivity contribution in [2.75, 3.05) is 0 Å². The van der Waals surface area contributed by atoms with Crippen LogP contribution in [0.2, 0.25) is 0 Å². The van der Waals surface area contributed by atoms with Gasteiger partial charge in [0.15, 0.2) is 0 Å². The predicted molar refractivity (Wildman–Crippen MR) is 60.6 cm³/mol. The first-order valence-electron chi connectivity index (χ1n) is 4.42. The Morgan fingerprint density at radius 1 is 1.29 bits per heavy atom. The fourth-order valence-corrected chi connectivity index (χ4v) is 1.16. The molecule has 0 saturated carbocycles. The van der Waals surface area contributed by atoms with E-state index in [0.717, 1.165) is 11.1 Å². The highest BCUT2D eigenvalue weighted by molar-refractivity contribution is 5.97. The molecule has 0 atom stereocenters. The smallest absolute Gasteiger partial charge is 0.143 e. The Hall–Kier alpha value is -1.77. The minimum absolute atomic E-state index is 0.336. The molecule has 0 aliphatic carbocycles. The molecule has 1 rings (SSSR count). The van der Waals surface area contributed by atoms with Crippen molar-refractivity contribution < 1.29 is 0 Å². The Balaban J connectivity index is 2.95. The van der Waals surface area contributed by atoms with Gasteiger partial charge in [-0.15, -0.1) is 0 Å². The zero-order valence-corrected chi connectivity index (χ0v) is 8.49. The van der Waals surface area contributed by atoms with Gasteiger partial charge in [-0.25, -0.2) is 0 Å². The molecule has 0 aliphatic heterocycles. The molecule has 0 saturated heterocycles. The summed E-state index contributed by atoms with van der Waals surface area (Å²) in [7, 11) is 0. The number of aryl methyl sites for hydroxylation is 1. The molecular weight excluding hydrogens is 174 g/mol. The maximum Gasteiger partial charge on any atom is 0.143 e. The van der Waals surface area contributed by atoms with E-state index in [1.165, 1.54) is 5.56 Å². The molecule has 0 fully saturated rings. The molecule has 0 aliphatic rings. The van der Waals surface area contributed by atoms with Crippen molar-refractivity contribution in [3.8, 4) is 0 Å². The first kappa shape index (κ1) is 10.3. The van der Waals surface area contributed by atoms with E-state index in [9.17, 15) is 0 Å². The summed E-state index contributed by atoms with van der Waals surface area (Å²) in [4.78, 5) is 0. The van der Waals surface area contributed by atoms with Crippen LogP contribution in [0.4, 0.5) is 0 Å². The van der Waals surface area contributed by atoms with E-state index < -0.39 is 0 Å². The van der Waals surface area contributed by atoms with Crippen LogP contribution < -0.4 is 11.6 Å². The number of nitrogens with zero attached hydrogens (tertiary/aromatic N) is 1. The van der Waals surface area contributed by atoms with Gasteiger partial charge >= 0.3 is 0 Å². The molecule has 3 heteroatoms. The SMILES string of the molecule is C/C(=C\C(N)=N\N)c1ccc(C)cc1. The molecule has 0 unspecified atom stereocenters. The second-order valence-electron chi connectivity index (χ2n) is 3.25. The second-order valence-corrected chi connectivity index (χ2v) is 3.25. The van der Waals surface area contributed by atoms with Gasteiger partial charge in [0.25, 0.3) is 0 Å². The highest BCUT2D eigenvalue weighted by atomic mass is 15.1. The summed E-state index contributed by atoms with van der Waals surface area (Å²) in [6.07, 6.45) is 1.75. The quantitative estimate of drug-likeness (QED) is 0.321. The second kappa shape index (κ2) is 4.46. The van der Waals surface area contributed by atoms with E-state index in [1.54, 1.807) is 6.08 Å². The van der Waals surface area contributed by atoms with Crippen molar-refractivity contribution in [2.45, 2.75) is 13.8 Å². The van der Waals surface area contributed by atoms with Crippen LogP contribution in [0.1, 0.15) is 18.1 Å². The number of allylic oxidation sites excluding steroid dienone is 1. The molecule has 1 aromatic carbocycles. The Morgan fingerprint density at radius 3 is 2.36 bits per heavy atom. The van der Waals surface area contributed by atoms with Gasteiger partial charge in [-0.3, -0.25) is 0 Å². The van der Waals surface area contributed by atoms with Gasteiger partial charge in [0.2, 0.25) is 0 Å². The molecule has 0 radical (unpaired) electrons. The van der Waals surface area contributed by atoms with Crippen LogP contribution in [0.3, 0.4) is 0 Å². The highest BCUT2D eigenvalue weighted by Crippen LogP contribution is 2.13. The zero-order chi connectivity index (χ0) is 10.6. The fraction of sp³-hybridized carbons (Fsp3) is 0.182. The molecule has 3 nitrogen and oxygen atoms in total. The number of rotatable bonds is 2. The Morgan fingerprint density at radius 2 is 1.86 bits per heavy atom. The van der Waals surface area contributed by atoms with E-state index in [-0.39, 0.29) is 0 Å². The topological polar surface area (TPSA) is 64.4 Å². The Bertz CT molecular complexity index is 361. The van der Waals surface area contributed by atoms with Crippen LogP contribution >= 0.6 is 0 Å². The fourth-order valence-electron chi connectivity index (χ4n) is 1.16. The summed E-state index contributed by atoms with van der Waals surface area (Å²) in [6, 6.07) is 8.21. The molecule has 74 valence electrons. The van der Waals surface area contributed by atoms with E-state index in [4.69, 9.17) is 11.6 Å². The largest absolute Gasteiger partial charge is 0.382 e. The van der Waals surface area contributed by atoms with Crippen molar-refractivity contribution in [3.63, 3.8) is 0 Å². The van der Waals surface area contributed by atoms with Crippen LogP contribution in [0.25, 0.3) is 5.57 Å². The third kappa shape index (κ3) is 2.62. The molecule has 0 amide bonds. The lowest BCUT2D eigenvalue weighted by molar-refractivity contribution is 1.24. The average Bonchev–Trinajstić information content (AvgIpc) is 2.18. The van der Waals surface area contributed by atoms with Crippen LogP contribution in [0, 0.1) is 6.92 Å². The molecule has 0 spiro atoms. The highest BCUT2D eigenvalue weighted by Gasteiger charge is 1.95. The Labute approximate surface area is 84.1 Å². The molecule has 4 N–H and O–H groups in total. The molecule has 1 aromatic rings. The maximum atomic E-state index is 5.49. The molecular formula is C11H15N3. The lowest BCUT2D eigenvalue weighted by Crippen LogP contribution is -2.10. The third-order valence-electron chi connectivity index (χ3n) is 2.02. The maximum absolute atomic E-state index is 5.49. The summed E-state index contributed by atoms with van der Waals surface area (Å²) in [5.41, 5.74) is 8.91. The minimum Gasteiger partial charge on any atom is -0.382 e. The number of nitrogens with two attached hydrogens (primary N) is 2. The first-order chi connectivity index (χ1) is 6.63. The molecule has 14 heavy (non-hydrogen) atoms. The van der Waals surface area contributed by atoms with Crippen molar-refractivity contribution in [3.05, 3.63) is 41.5 Å². The lowest BCUT2D eigenvalue weighted by atomic mass is 10.1. The zero-order valence-electron chi connectivity index (χ0n) is 8.49. The molecule has 0 heterocycles. The third-order valence-corrected chi connectivity index (χ3v) is 2.02. The van der Waals surface area contributed by atoms with Crippen molar-refractivity contribution >= 4 is 11.4 Å². The van der Waals surface area contributed by atoms with Crippen LogP contribution in [-0.4, -0.2) is 5.84 Å². The first-order valence-corrected chi connectivity index (χ1v) is 4.42. The minimum atomic E-state index is 0.336. The van der Waals surface area contributed by atoms with E-state index >= 15 is 0 Å². The summed E-state index contributed by atoms with van der Waals surface area (Å²) >= 11 is 0. The van der Waals surface area contributed by atoms with E-state index in [2.05, 4.69) is 24.2 Å². The van der Waals surface area contributed by atoms with Gasteiger partial charge in [0.05, 0.1) is 0 Å². The van der Waals surface area contributed by atoms with Crippen LogP contribution in [0.15, 0.2) is 35.4 Å². The standard InChI is InChI=1S/C11H15N3/c1-8-3-5-10(6-4-8)9(2)7-11(12)14-13/h3-7H,13H2,1-2H3,(H2,12,14)/b9-7+. The molecule has 0 bridgehead atoms. The summed E-state index contributed by atoms with van der Waals surface area (Å²) in [6.45, 7) is 4.03.